The molecule has 0 bridgehead atoms. The van der Waals surface area contributed by atoms with E-state index in [1.165, 1.54) is 0 Å². The second kappa shape index (κ2) is 13.2. The summed E-state index contributed by atoms with van der Waals surface area (Å²) in [5.74, 6) is -0.764. The Bertz CT molecular complexity index is 865. The first-order chi connectivity index (χ1) is 17.4. The zero-order valence-corrected chi connectivity index (χ0v) is 29.4. The summed E-state index contributed by atoms with van der Waals surface area (Å²) in [5, 5.41) is 1.49. The molecule has 0 saturated carbocycles. The first-order valence-electron chi connectivity index (χ1n) is 14.3. The third kappa shape index (κ3) is 12.2. The van der Waals surface area contributed by atoms with Gasteiger partial charge in [-0.15, -0.1) is 0 Å². The van der Waals surface area contributed by atoms with Gasteiger partial charge in [-0.05, 0) is 0 Å². The molecule has 0 aromatic heterocycles. The van der Waals surface area contributed by atoms with Crippen LogP contribution in [0.25, 0.3) is 0 Å². The third-order valence-electron chi connectivity index (χ3n) is 7.43. The van der Waals surface area contributed by atoms with Gasteiger partial charge in [-0.2, -0.15) is 0 Å². The van der Waals surface area contributed by atoms with E-state index < -0.39 is 46.6 Å². The average molecular weight is 602 g/mol. The van der Waals surface area contributed by atoms with E-state index >= 15 is 0 Å². The molecule has 0 spiro atoms. The van der Waals surface area contributed by atoms with Crippen LogP contribution in [0.5, 0.6) is 0 Å². The monoisotopic (exact) mass is 601 g/mol. The van der Waals surface area contributed by atoms with Crippen LogP contribution in [0, 0.1) is 32.5 Å². The Kier molecular flexibility index (Phi) is 12.8. The summed E-state index contributed by atoms with van der Waals surface area (Å²) in [4.78, 5) is 78.0. The predicted molar refractivity (Wildman–Crippen MR) is 158 cm³/mol. The van der Waals surface area contributed by atoms with Crippen molar-refractivity contribution in [2.75, 3.05) is 0 Å². The van der Waals surface area contributed by atoms with Crippen molar-refractivity contribution in [2.45, 2.75) is 139 Å². The molecule has 231 valence electrons. The van der Waals surface area contributed by atoms with E-state index in [1.54, 1.807) is 62.3 Å². The fourth-order valence-corrected chi connectivity index (χ4v) is 9.89. The Hall–Kier alpha value is -1.45. The standard InChI is InChI=1S/3C11H19O2.Cr/c3*1-10(2,3)8(12)7-9(13)11(4,5)6;/h3*1,7H2,2-6H3;. The quantitative estimate of drug-likeness (QED) is 0.179. The minimum atomic E-state index is -1.86. The maximum absolute atomic E-state index is 13.3. The average Bonchev–Trinajstić information content (AvgIpc) is 2.70. The van der Waals surface area contributed by atoms with Gasteiger partial charge in [0, 0.05) is 0 Å². The van der Waals surface area contributed by atoms with Crippen LogP contribution in [0.3, 0.4) is 0 Å². The Labute approximate surface area is 248 Å². The van der Waals surface area contributed by atoms with E-state index in [-0.39, 0.29) is 54.0 Å². The SMILES string of the molecule is CC(C)(C)C(=O)CC(=O)C(C)(C)[CH2][Cr]([CH2]C(C)(C)C(=O)CC(=O)C(C)(C)C)[CH2]C(C)(C)C(=O)CC(=O)C(C)(C)C. The molecule has 0 fully saturated rings. The number of ketones is 6. The van der Waals surface area contributed by atoms with Crippen LogP contribution >= 0.6 is 0 Å². The number of carbonyl (C=O) groups is 6. The normalized spacial score (nSPS) is 13.8. The van der Waals surface area contributed by atoms with Gasteiger partial charge in [0.2, 0.25) is 0 Å². The van der Waals surface area contributed by atoms with E-state index in [0.717, 1.165) is 0 Å². The van der Waals surface area contributed by atoms with Crippen molar-refractivity contribution in [3.63, 3.8) is 0 Å². The molecule has 0 aliphatic rings. The molecular formula is C33H57CrO6. The third-order valence-corrected chi connectivity index (χ3v) is 12.7. The van der Waals surface area contributed by atoms with E-state index in [1.807, 2.05) is 41.5 Å². The number of carbonyl (C=O) groups excluding carboxylic acids is 6. The van der Waals surface area contributed by atoms with Crippen molar-refractivity contribution in [2.24, 2.45) is 32.5 Å². The van der Waals surface area contributed by atoms with Gasteiger partial charge < -0.3 is 0 Å². The summed E-state index contributed by atoms with van der Waals surface area (Å²) in [7, 11) is 0. The zero-order valence-electron chi connectivity index (χ0n) is 28.1. The molecule has 7 heteroatoms. The van der Waals surface area contributed by atoms with E-state index in [4.69, 9.17) is 0 Å². The second-order valence-electron chi connectivity index (χ2n) is 16.5. The summed E-state index contributed by atoms with van der Waals surface area (Å²) in [6.45, 7) is 27.3. The number of Topliss-reactive ketones (excluding diaryl/α,β-unsaturated/α-hetero) is 6. The first kappa shape index (κ1) is 38.6. The number of hydrogen-bond donors (Lipinski definition) is 0. The fourth-order valence-electron chi connectivity index (χ4n) is 3.88. The van der Waals surface area contributed by atoms with Gasteiger partial charge in [-0.1, -0.05) is 0 Å². The van der Waals surface area contributed by atoms with Crippen LogP contribution in [0.1, 0.15) is 123 Å². The van der Waals surface area contributed by atoms with Gasteiger partial charge in [0.1, 0.15) is 0 Å². The van der Waals surface area contributed by atoms with Crippen LogP contribution < -0.4 is 0 Å². The van der Waals surface area contributed by atoms with Crippen LogP contribution in [-0.2, 0) is 42.9 Å². The van der Waals surface area contributed by atoms with Gasteiger partial charge >= 0.3 is 249 Å². The minimum absolute atomic E-state index is 0.116. The molecule has 0 saturated heterocycles. The molecule has 0 aromatic rings. The van der Waals surface area contributed by atoms with E-state index in [0.29, 0.717) is 15.8 Å². The first-order valence-corrected chi connectivity index (χ1v) is 17.0. The molecule has 0 rings (SSSR count). The molecule has 40 heavy (non-hydrogen) atoms. The molecule has 0 N–H and O–H groups in total. The van der Waals surface area contributed by atoms with Crippen LogP contribution in [0.4, 0.5) is 0 Å². The molecule has 0 aliphatic carbocycles. The summed E-state index contributed by atoms with van der Waals surface area (Å²) >= 11 is -1.86. The molecule has 0 aliphatic heterocycles. The summed E-state index contributed by atoms with van der Waals surface area (Å²) < 4.78 is 0. The molecule has 6 nitrogen and oxygen atoms in total. The predicted octanol–water partition coefficient (Wildman–Crippen LogP) is 7.66. The van der Waals surface area contributed by atoms with Gasteiger partial charge in [-0.25, -0.2) is 0 Å². The van der Waals surface area contributed by atoms with E-state index in [2.05, 4.69) is 0 Å². The molecular weight excluding hydrogens is 544 g/mol. The van der Waals surface area contributed by atoms with Crippen molar-refractivity contribution in [3.05, 3.63) is 0 Å². The molecule has 0 unspecified atom stereocenters. The number of hydrogen-bond acceptors (Lipinski definition) is 6. The Morgan fingerprint density at radius 1 is 0.350 bits per heavy atom. The summed E-state index contributed by atoms with van der Waals surface area (Å²) in [5.41, 5.74) is -4.30. The fraction of sp³-hybridized carbons (Fsp3) is 0.818. The second-order valence-corrected chi connectivity index (χ2v) is 19.8. The zero-order chi connectivity index (χ0) is 32.3. The summed E-state index contributed by atoms with van der Waals surface area (Å²) in [6, 6.07) is 0. The van der Waals surface area contributed by atoms with Crippen LogP contribution in [-0.4, -0.2) is 34.7 Å². The summed E-state index contributed by atoms with van der Waals surface area (Å²) in [6.07, 6.45) is -0.458. The Balaban J connectivity index is 6.21. The van der Waals surface area contributed by atoms with Crippen LogP contribution in [0.2, 0.25) is 15.8 Å². The molecule has 0 amide bonds. The maximum atomic E-state index is 13.3. The van der Waals surface area contributed by atoms with E-state index in [9.17, 15) is 28.8 Å². The Morgan fingerprint density at radius 3 is 0.675 bits per heavy atom. The molecule has 0 aromatic carbocycles. The number of rotatable bonds is 15. The Morgan fingerprint density at radius 2 is 0.525 bits per heavy atom. The van der Waals surface area contributed by atoms with Gasteiger partial charge in [0.15, 0.2) is 0 Å². The van der Waals surface area contributed by atoms with Crippen molar-refractivity contribution in [1.82, 2.24) is 0 Å². The topological polar surface area (TPSA) is 102 Å². The molecule has 0 atom stereocenters. The van der Waals surface area contributed by atoms with Crippen molar-refractivity contribution >= 4 is 34.7 Å². The van der Waals surface area contributed by atoms with Crippen molar-refractivity contribution in [3.8, 4) is 0 Å². The van der Waals surface area contributed by atoms with Gasteiger partial charge in [0.25, 0.3) is 0 Å². The van der Waals surface area contributed by atoms with Gasteiger partial charge in [-0.3, -0.25) is 0 Å². The van der Waals surface area contributed by atoms with Crippen molar-refractivity contribution < 1.29 is 42.9 Å². The molecule has 0 radical (unpaired) electrons. The van der Waals surface area contributed by atoms with Crippen LogP contribution in [0.15, 0.2) is 0 Å². The van der Waals surface area contributed by atoms with Crippen molar-refractivity contribution in [1.29, 1.82) is 0 Å². The molecule has 0 heterocycles. The van der Waals surface area contributed by atoms with Gasteiger partial charge in [0.05, 0.1) is 0 Å².